The molecule has 0 spiro atoms. The molecular weight excluding hydrogens is 150 g/mol. The quantitative estimate of drug-likeness (QED) is 0.614. The summed E-state index contributed by atoms with van der Waals surface area (Å²) in [4.78, 5) is 0. The van der Waals surface area contributed by atoms with Gasteiger partial charge in [0.1, 0.15) is 6.10 Å². The predicted octanol–water partition coefficient (Wildman–Crippen LogP) is 1.19. The molecule has 64 valence electrons. The fraction of sp³-hybridized carbons (Fsp3) is 0.400. The maximum absolute atomic E-state index is 5.63. The fourth-order valence-corrected chi connectivity index (χ4v) is 1.78. The van der Waals surface area contributed by atoms with Gasteiger partial charge in [-0.3, -0.25) is 0 Å². The molecule has 1 heterocycles. The third kappa shape index (κ3) is 1.08. The van der Waals surface area contributed by atoms with Crippen LogP contribution in [0.4, 0.5) is 5.69 Å². The molecule has 1 aromatic carbocycles. The predicted molar refractivity (Wildman–Crippen MR) is 47.5 cm³/mol. The zero-order valence-corrected chi connectivity index (χ0v) is 7.55. The Kier molecular flexibility index (Phi) is 1.58. The first-order chi connectivity index (χ1) is 5.66. The highest BCUT2D eigenvalue weighted by molar-refractivity contribution is 5.55. The average molecular weight is 164 g/mol. The van der Waals surface area contributed by atoms with E-state index in [1.807, 2.05) is 0 Å². The largest absolute Gasteiger partial charge is 0.484 e. The topological polar surface area (TPSA) is 36.9 Å². The summed E-state index contributed by atoms with van der Waals surface area (Å²) in [6, 6.07) is 4.25. The number of fused-ring (bicyclic) bond motifs is 1. The third-order valence-corrected chi connectivity index (χ3v) is 2.21. The van der Waals surface area contributed by atoms with Gasteiger partial charge in [-0.15, -0.1) is 0 Å². The molecule has 12 heavy (non-hydrogen) atoms. The molecular formula is C10H14NO+. The number of quaternary nitrogens is 1. The van der Waals surface area contributed by atoms with Crippen LogP contribution in [0.5, 0.6) is 5.75 Å². The lowest BCUT2D eigenvalue weighted by Crippen LogP contribution is -2.40. The van der Waals surface area contributed by atoms with Crippen molar-refractivity contribution in [2.45, 2.75) is 26.4 Å². The van der Waals surface area contributed by atoms with Gasteiger partial charge in [0.2, 0.25) is 0 Å². The van der Waals surface area contributed by atoms with Gasteiger partial charge in [0.25, 0.3) is 0 Å². The zero-order valence-electron chi connectivity index (χ0n) is 7.55. The molecule has 1 atom stereocenters. The molecule has 0 saturated heterocycles. The Morgan fingerprint density at radius 1 is 1.50 bits per heavy atom. The second-order valence-corrected chi connectivity index (χ2v) is 3.54. The first-order valence-corrected chi connectivity index (χ1v) is 4.29. The molecule has 2 nitrogen and oxygen atoms in total. The minimum Gasteiger partial charge on any atom is -0.484 e. The van der Waals surface area contributed by atoms with Gasteiger partial charge in [-0.25, -0.2) is 0 Å². The van der Waals surface area contributed by atoms with E-state index in [0.717, 1.165) is 17.9 Å². The van der Waals surface area contributed by atoms with Gasteiger partial charge < -0.3 is 10.5 Å². The Bertz CT molecular complexity index is 320. The highest BCUT2D eigenvalue weighted by atomic mass is 16.5. The highest BCUT2D eigenvalue weighted by Crippen LogP contribution is 2.34. The molecule has 0 saturated carbocycles. The minimum absolute atomic E-state index is 0.322. The maximum Gasteiger partial charge on any atom is 0.183 e. The molecule has 1 aliphatic rings. The van der Waals surface area contributed by atoms with Crippen LogP contribution in [0.1, 0.15) is 18.1 Å². The molecule has 0 bridgehead atoms. The lowest BCUT2D eigenvalue weighted by Gasteiger charge is -2.03. The molecule has 0 fully saturated rings. The summed E-state index contributed by atoms with van der Waals surface area (Å²) in [6.07, 6.45) is 1.35. The Balaban J connectivity index is 2.52. The molecule has 0 unspecified atom stereocenters. The van der Waals surface area contributed by atoms with Gasteiger partial charge in [-0.1, -0.05) is 6.07 Å². The van der Waals surface area contributed by atoms with Gasteiger partial charge in [-0.05, 0) is 19.4 Å². The highest BCUT2D eigenvalue weighted by Gasteiger charge is 2.22. The molecule has 1 aliphatic heterocycles. The summed E-state index contributed by atoms with van der Waals surface area (Å²) in [7, 11) is 0. The molecule has 0 amide bonds. The number of hydrogen-bond acceptors (Lipinski definition) is 1. The first kappa shape index (κ1) is 7.62. The van der Waals surface area contributed by atoms with Crippen molar-refractivity contribution in [2.24, 2.45) is 0 Å². The lowest BCUT2D eigenvalue weighted by molar-refractivity contribution is -0.256. The number of aryl methyl sites for hydroxylation is 1. The van der Waals surface area contributed by atoms with Crippen LogP contribution in [-0.2, 0) is 6.42 Å². The van der Waals surface area contributed by atoms with Gasteiger partial charge in [0.15, 0.2) is 11.4 Å². The van der Waals surface area contributed by atoms with Gasteiger partial charge in [-0.2, -0.15) is 0 Å². The average Bonchev–Trinajstić information content (AvgIpc) is 2.29. The number of rotatable bonds is 0. The van der Waals surface area contributed by atoms with Crippen molar-refractivity contribution < 1.29 is 10.5 Å². The van der Waals surface area contributed by atoms with E-state index in [9.17, 15) is 0 Å². The van der Waals surface area contributed by atoms with E-state index in [1.54, 1.807) is 0 Å². The number of benzene rings is 1. The van der Waals surface area contributed by atoms with Crippen molar-refractivity contribution in [1.29, 1.82) is 0 Å². The molecule has 3 N–H and O–H groups in total. The Hall–Kier alpha value is -1.02. The molecule has 0 radical (unpaired) electrons. The van der Waals surface area contributed by atoms with Crippen LogP contribution in [0.25, 0.3) is 0 Å². The number of hydrogen-bond donors (Lipinski definition) is 1. The van der Waals surface area contributed by atoms with Crippen LogP contribution < -0.4 is 10.5 Å². The normalized spacial score (nSPS) is 20.4. The summed E-state index contributed by atoms with van der Waals surface area (Å²) < 4.78 is 5.63. The molecule has 2 rings (SSSR count). The Morgan fingerprint density at radius 2 is 2.25 bits per heavy atom. The van der Waals surface area contributed by atoms with Crippen molar-refractivity contribution >= 4 is 5.69 Å². The van der Waals surface area contributed by atoms with Crippen molar-refractivity contribution in [2.75, 3.05) is 0 Å². The van der Waals surface area contributed by atoms with Crippen LogP contribution in [0.2, 0.25) is 0 Å². The molecule has 1 aromatic rings. The van der Waals surface area contributed by atoms with Crippen LogP contribution in [0, 0.1) is 6.92 Å². The Labute approximate surface area is 72.3 Å². The van der Waals surface area contributed by atoms with Crippen molar-refractivity contribution in [1.82, 2.24) is 0 Å². The van der Waals surface area contributed by atoms with E-state index in [1.165, 1.54) is 11.1 Å². The monoisotopic (exact) mass is 164 g/mol. The van der Waals surface area contributed by atoms with Crippen molar-refractivity contribution in [3.8, 4) is 5.75 Å². The standard InChI is InChI=1S/C10H13NO/c1-6-3-8-5-7(2)12-10(8)9(11)4-6/h3-4,7H,5,11H2,1-2H3/p+1/t7-/m1/s1. The first-order valence-electron chi connectivity index (χ1n) is 4.29. The second-order valence-electron chi connectivity index (χ2n) is 3.54. The SMILES string of the molecule is Cc1cc([NH3+])c2c(c1)C[C@@H](C)O2. The van der Waals surface area contributed by atoms with Crippen LogP contribution in [0.3, 0.4) is 0 Å². The maximum atomic E-state index is 5.63. The van der Waals surface area contributed by atoms with E-state index < -0.39 is 0 Å². The summed E-state index contributed by atoms with van der Waals surface area (Å²) >= 11 is 0. The number of ether oxygens (including phenoxy) is 1. The van der Waals surface area contributed by atoms with Gasteiger partial charge >= 0.3 is 0 Å². The lowest BCUT2D eigenvalue weighted by atomic mass is 10.1. The summed E-state index contributed by atoms with van der Waals surface area (Å²) in [5, 5.41) is 0. The van der Waals surface area contributed by atoms with Crippen molar-refractivity contribution in [3.05, 3.63) is 23.3 Å². The van der Waals surface area contributed by atoms with Crippen LogP contribution >= 0.6 is 0 Å². The Morgan fingerprint density at radius 3 is 3.00 bits per heavy atom. The van der Waals surface area contributed by atoms with E-state index in [-0.39, 0.29) is 0 Å². The second kappa shape index (κ2) is 2.49. The molecule has 0 aliphatic carbocycles. The van der Waals surface area contributed by atoms with Gasteiger partial charge in [0, 0.05) is 18.1 Å². The minimum atomic E-state index is 0.322. The zero-order chi connectivity index (χ0) is 8.72. The van der Waals surface area contributed by atoms with Gasteiger partial charge in [0.05, 0.1) is 0 Å². The van der Waals surface area contributed by atoms with E-state index in [4.69, 9.17) is 4.74 Å². The summed E-state index contributed by atoms with van der Waals surface area (Å²) in [5.41, 5.74) is 7.57. The molecule has 0 aromatic heterocycles. The van der Waals surface area contributed by atoms with E-state index in [2.05, 4.69) is 31.7 Å². The summed E-state index contributed by atoms with van der Waals surface area (Å²) in [5.74, 6) is 1.01. The summed E-state index contributed by atoms with van der Waals surface area (Å²) in [6.45, 7) is 4.19. The van der Waals surface area contributed by atoms with E-state index >= 15 is 0 Å². The third-order valence-electron chi connectivity index (χ3n) is 2.21. The fourth-order valence-electron chi connectivity index (χ4n) is 1.78. The molecule has 2 heteroatoms. The van der Waals surface area contributed by atoms with Crippen molar-refractivity contribution in [3.63, 3.8) is 0 Å². The smallest absolute Gasteiger partial charge is 0.183 e. The van der Waals surface area contributed by atoms with E-state index in [0.29, 0.717) is 6.10 Å². The van der Waals surface area contributed by atoms with Crippen LogP contribution in [-0.4, -0.2) is 6.10 Å². The van der Waals surface area contributed by atoms with Crippen LogP contribution in [0.15, 0.2) is 12.1 Å².